The number of imidazole rings is 1. The van der Waals surface area contributed by atoms with Crippen molar-refractivity contribution in [2.75, 3.05) is 25.6 Å². The summed E-state index contributed by atoms with van der Waals surface area (Å²) in [6.07, 6.45) is -1.14. The number of alkyl halides is 2. The van der Waals surface area contributed by atoms with Crippen LogP contribution in [0.4, 0.5) is 18.9 Å². The second kappa shape index (κ2) is 12.0. The van der Waals surface area contributed by atoms with Crippen LogP contribution in [0.5, 0.6) is 5.75 Å². The van der Waals surface area contributed by atoms with Gasteiger partial charge >= 0.3 is 5.97 Å². The van der Waals surface area contributed by atoms with Crippen molar-refractivity contribution in [2.45, 2.75) is 13.0 Å². The lowest BCUT2D eigenvalue weighted by Gasteiger charge is -2.08. The number of esters is 1. The van der Waals surface area contributed by atoms with Crippen LogP contribution < -0.4 is 15.8 Å². The number of anilines is 1. The maximum absolute atomic E-state index is 14.1. The smallest absolute Gasteiger partial charge is 0.338 e. The first kappa shape index (κ1) is 27.6. The average molecular weight is 563 g/mol. The summed E-state index contributed by atoms with van der Waals surface area (Å²) >= 11 is 0. The van der Waals surface area contributed by atoms with Gasteiger partial charge in [0.25, 0.3) is 6.43 Å². The Hall–Kier alpha value is -4.97. The van der Waals surface area contributed by atoms with E-state index in [-0.39, 0.29) is 23.5 Å². The zero-order valence-corrected chi connectivity index (χ0v) is 21.8. The Balaban J connectivity index is 1.53. The highest BCUT2D eigenvalue weighted by molar-refractivity contribution is 5.90. The van der Waals surface area contributed by atoms with Gasteiger partial charge in [-0.25, -0.2) is 27.9 Å². The molecule has 0 fully saturated rings. The van der Waals surface area contributed by atoms with Crippen LogP contribution in [0.1, 0.15) is 28.3 Å². The minimum Gasteiger partial charge on any atom is -0.491 e. The van der Waals surface area contributed by atoms with Crippen LogP contribution in [-0.2, 0) is 11.3 Å². The summed E-state index contributed by atoms with van der Waals surface area (Å²) in [7, 11) is 1.21. The van der Waals surface area contributed by atoms with Gasteiger partial charge in [-0.05, 0) is 48.5 Å². The lowest BCUT2D eigenvalue weighted by atomic mass is 10.1. The Bertz CT molecular complexity index is 1710. The number of nitrogens with zero attached hydrogens (tertiary/aromatic N) is 3. The molecule has 3 heterocycles. The van der Waals surface area contributed by atoms with Gasteiger partial charge in [-0.15, -0.1) is 0 Å². The lowest BCUT2D eigenvalue weighted by molar-refractivity contribution is 0.0600. The molecule has 0 saturated heterocycles. The van der Waals surface area contributed by atoms with E-state index in [1.165, 1.54) is 31.4 Å². The molecule has 0 unspecified atom stereocenters. The fourth-order valence-electron chi connectivity index (χ4n) is 4.24. The van der Waals surface area contributed by atoms with Crippen LogP contribution in [0.25, 0.3) is 33.5 Å². The molecular formula is C29H25F3N6O3. The standard InChI is InChI=1S/C29H25F3N6O3/c1-40-29(39)18-10-19(30)13-20(11-18)34-15-25-37-26(27(38-25)23-3-2-4-24(36-23)28(31)32)16-5-6-22-17(9-16)12-21(14-35-22)41-8-7-33/h2-6,9-14,28,34H,7-8,15,33H2,1H3,(H,37,38). The summed E-state index contributed by atoms with van der Waals surface area (Å²) in [5, 5.41) is 3.81. The Morgan fingerprint density at radius 2 is 1.95 bits per heavy atom. The van der Waals surface area contributed by atoms with E-state index in [0.717, 1.165) is 17.0 Å². The zero-order valence-electron chi connectivity index (χ0n) is 21.8. The van der Waals surface area contributed by atoms with Gasteiger partial charge in [0.15, 0.2) is 0 Å². The van der Waals surface area contributed by atoms with Gasteiger partial charge < -0.3 is 25.5 Å². The van der Waals surface area contributed by atoms with Gasteiger partial charge in [0, 0.05) is 23.2 Å². The van der Waals surface area contributed by atoms with Crippen LogP contribution in [0.3, 0.4) is 0 Å². The number of hydrogen-bond acceptors (Lipinski definition) is 8. The number of nitrogens with one attached hydrogen (secondary N) is 2. The van der Waals surface area contributed by atoms with E-state index in [4.69, 9.17) is 10.5 Å². The number of pyridine rings is 2. The fraction of sp³-hybridized carbons (Fsp3) is 0.172. The average Bonchev–Trinajstić information content (AvgIpc) is 3.42. The number of ether oxygens (including phenoxy) is 2. The summed E-state index contributed by atoms with van der Waals surface area (Å²) < 4.78 is 51.3. The summed E-state index contributed by atoms with van der Waals surface area (Å²) in [6, 6.07) is 15.4. The molecule has 9 nitrogen and oxygen atoms in total. The van der Waals surface area contributed by atoms with Crippen molar-refractivity contribution < 1.29 is 27.4 Å². The molecule has 0 aliphatic carbocycles. The van der Waals surface area contributed by atoms with E-state index < -0.39 is 18.2 Å². The minimum atomic E-state index is -2.76. The monoisotopic (exact) mass is 562 g/mol. The fourth-order valence-corrected chi connectivity index (χ4v) is 4.24. The molecule has 12 heteroatoms. The Morgan fingerprint density at radius 3 is 2.73 bits per heavy atom. The third-order valence-corrected chi connectivity index (χ3v) is 6.10. The second-order valence-corrected chi connectivity index (χ2v) is 8.94. The molecule has 0 radical (unpaired) electrons. The SMILES string of the molecule is COC(=O)c1cc(F)cc(NCc2nc(-c3cccc(C(F)F)n3)c(-c3ccc4ncc(OCCN)cc4c3)[nH]2)c1. The highest BCUT2D eigenvalue weighted by Crippen LogP contribution is 2.33. The largest absolute Gasteiger partial charge is 0.491 e. The summed E-state index contributed by atoms with van der Waals surface area (Å²) in [6.45, 7) is 0.793. The molecule has 0 amide bonds. The van der Waals surface area contributed by atoms with Gasteiger partial charge in [-0.3, -0.25) is 4.98 Å². The molecule has 5 aromatic rings. The van der Waals surface area contributed by atoms with E-state index in [1.54, 1.807) is 12.3 Å². The molecule has 0 spiro atoms. The highest BCUT2D eigenvalue weighted by Gasteiger charge is 2.19. The minimum absolute atomic E-state index is 0.0448. The predicted molar refractivity (Wildman–Crippen MR) is 147 cm³/mol. The number of carbonyl (C=O) groups is 1. The molecule has 0 saturated carbocycles. The van der Waals surface area contributed by atoms with Crippen molar-refractivity contribution in [1.29, 1.82) is 0 Å². The van der Waals surface area contributed by atoms with Crippen LogP contribution >= 0.6 is 0 Å². The Morgan fingerprint density at radius 1 is 1.10 bits per heavy atom. The van der Waals surface area contributed by atoms with Crippen LogP contribution in [0.2, 0.25) is 0 Å². The highest BCUT2D eigenvalue weighted by atomic mass is 19.3. The maximum Gasteiger partial charge on any atom is 0.338 e. The molecule has 0 aliphatic rings. The number of methoxy groups -OCH3 is 1. The number of fused-ring (bicyclic) bond motifs is 1. The van der Waals surface area contributed by atoms with E-state index in [1.807, 2.05) is 24.3 Å². The Kier molecular flexibility index (Phi) is 8.11. The summed E-state index contributed by atoms with van der Waals surface area (Å²) in [4.78, 5) is 28.3. The third kappa shape index (κ3) is 6.28. The molecule has 0 aliphatic heterocycles. The van der Waals surface area contributed by atoms with Gasteiger partial charge in [0.05, 0.1) is 42.3 Å². The number of nitrogens with two attached hydrogens (primary N) is 1. The quantitative estimate of drug-likeness (QED) is 0.191. The maximum atomic E-state index is 14.1. The topological polar surface area (TPSA) is 128 Å². The third-order valence-electron chi connectivity index (χ3n) is 6.10. The molecule has 0 bridgehead atoms. The van der Waals surface area contributed by atoms with Crippen molar-refractivity contribution in [1.82, 2.24) is 19.9 Å². The van der Waals surface area contributed by atoms with Gasteiger partial charge in [-0.1, -0.05) is 12.1 Å². The van der Waals surface area contributed by atoms with Crippen molar-refractivity contribution in [3.63, 3.8) is 0 Å². The number of hydrogen-bond donors (Lipinski definition) is 3. The molecule has 0 atom stereocenters. The van der Waals surface area contributed by atoms with Crippen LogP contribution in [-0.4, -0.2) is 46.2 Å². The van der Waals surface area contributed by atoms with Gasteiger partial charge in [-0.2, -0.15) is 0 Å². The van der Waals surface area contributed by atoms with Gasteiger partial charge in [0.2, 0.25) is 0 Å². The van der Waals surface area contributed by atoms with E-state index in [2.05, 4.69) is 30.0 Å². The first-order valence-electron chi connectivity index (χ1n) is 12.5. The van der Waals surface area contributed by atoms with Crippen molar-refractivity contribution in [2.24, 2.45) is 5.73 Å². The van der Waals surface area contributed by atoms with E-state index in [0.29, 0.717) is 47.4 Å². The number of halogens is 3. The number of aromatic amines is 1. The number of aromatic nitrogens is 4. The summed E-state index contributed by atoms with van der Waals surface area (Å²) in [5.41, 5.74) is 8.08. The van der Waals surface area contributed by atoms with Crippen LogP contribution in [0, 0.1) is 5.82 Å². The lowest BCUT2D eigenvalue weighted by Crippen LogP contribution is -2.10. The molecule has 2 aromatic carbocycles. The number of benzene rings is 2. The number of rotatable bonds is 10. The van der Waals surface area contributed by atoms with Crippen LogP contribution in [0.15, 0.2) is 66.9 Å². The molecule has 4 N–H and O–H groups in total. The molecule has 41 heavy (non-hydrogen) atoms. The second-order valence-electron chi connectivity index (χ2n) is 8.94. The van der Waals surface area contributed by atoms with Crippen molar-refractivity contribution in [3.05, 3.63) is 89.8 Å². The zero-order chi connectivity index (χ0) is 28.9. The van der Waals surface area contributed by atoms with Crippen molar-refractivity contribution >= 4 is 22.6 Å². The number of carbonyl (C=O) groups excluding carboxylic acids is 1. The molecular weight excluding hydrogens is 537 g/mol. The summed E-state index contributed by atoms with van der Waals surface area (Å²) in [5.74, 6) is -0.324. The molecule has 210 valence electrons. The van der Waals surface area contributed by atoms with Gasteiger partial charge in [0.1, 0.15) is 35.4 Å². The first-order valence-corrected chi connectivity index (χ1v) is 12.5. The molecule has 3 aromatic heterocycles. The van der Waals surface area contributed by atoms with E-state index >= 15 is 0 Å². The van der Waals surface area contributed by atoms with Crippen molar-refractivity contribution in [3.8, 4) is 28.4 Å². The first-order chi connectivity index (χ1) is 19.8. The van der Waals surface area contributed by atoms with E-state index in [9.17, 15) is 18.0 Å². The Labute approximate surface area is 232 Å². The predicted octanol–water partition coefficient (Wildman–Crippen LogP) is 5.50. The number of H-pyrrole nitrogens is 1. The molecule has 5 rings (SSSR count). The normalized spacial score (nSPS) is 11.2.